The Kier molecular flexibility index (Phi) is 4.41. The quantitative estimate of drug-likeness (QED) is 0.855. The van der Waals surface area contributed by atoms with E-state index in [1.807, 2.05) is 34.5 Å². The molecule has 2 aliphatic rings. The summed E-state index contributed by atoms with van der Waals surface area (Å²) in [6.07, 6.45) is 5.97. The number of likely N-dealkylation sites (tertiary alicyclic amines) is 2. The van der Waals surface area contributed by atoms with Crippen LogP contribution < -0.4 is 0 Å². The highest BCUT2D eigenvalue weighted by Gasteiger charge is 2.45. The van der Waals surface area contributed by atoms with Crippen LogP contribution in [0.15, 0.2) is 36.0 Å². The van der Waals surface area contributed by atoms with Crippen molar-refractivity contribution < 1.29 is 4.79 Å². The van der Waals surface area contributed by atoms with Crippen molar-refractivity contribution in [3.05, 3.63) is 40.8 Å². The summed E-state index contributed by atoms with van der Waals surface area (Å²) in [5.41, 5.74) is 0. The Morgan fingerprint density at radius 3 is 3.04 bits per heavy atom. The molecule has 2 saturated heterocycles. The topological polar surface area (TPSA) is 41.4 Å². The fourth-order valence-electron chi connectivity index (χ4n) is 4.47. The Hall–Kier alpha value is -1.66. The molecule has 5 nitrogen and oxygen atoms in total. The average molecular weight is 344 g/mol. The van der Waals surface area contributed by atoms with Crippen LogP contribution in [0.3, 0.4) is 0 Å². The lowest BCUT2D eigenvalue weighted by Crippen LogP contribution is -2.48. The fraction of sp³-hybridized carbons (Fsp3) is 0.556. The van der Waals surface area contributed by atoms with E-state index >= 15 is 0 Å². The predicted molar refractivity (Wildman–Crippen MR) is 94.6 cm³/mol. The van der Waals surface area contributed by atoms with Crippen LogP contribution in [0.2, 0.25) is 0 Å². The molecule has 2 aromatic heterocycles. The summed E-state index contributed by atoms with van der Waals surface area (Å²) in [6.45, 7) is 5.76. The van der Waals surface area contributed by atoms with E-state index in [1.54, 1.807) is 6.92 Å². The summed E-state index contributed by atoms with van der Waals surface area (Å²) in [5, 5.41) is 6.47. The molecule has 0 N–H and O–H groups in total. The van der Waals surface area contributed by atoms with E-state index in [1.165, 1.54) is 4.88 Å². The first-order valence-electron chi connectivity index (χ1n) is 8.72. The summed E-state index contributed by atoms with van der Waals surface area (Å²) >= 11 is 1.83. The van der Waals surface area contributed by atoms with E-state index in [2.05, 4.69) is 32.4 Å². The van der Waals surface area contributed by atoms with Crippen LogP contribution in [-0.4, -0.2) is 50.7 Å². The van der Waals surface area contributed by atoms with Gasteiger partial charge in [0.25, 0.3) is 0 Å². The Labute approximate surface area is 146 Å². The zero-order valence-corrected chi connectivity index (χ0v) is 14.9. The molecule has 2 fully saturated rings. The number of fused-ring (bicyclic) bond motifs is 1. The normalized spacial score (nSPS) is 27.4. The summed E-state index contributed by atoms with van der Waals surface area (Å²) in [7, 11) is 0. The number of aromatic nitrogens is 2. The Balaban J connectivity index is 1.45. The second-order valence-corrected chi connectivity index (χ2v) is 8.01. The molecule has 0 aliphatic carbocycles. The third-order valence-corrected chi connectivity index (χ3v) is 6.24. The van der Waals surface area contributed by atoms with E-state index in [-0.39, 0.29) is 11.9 Å². The highest BCUT2D eigenvalue weighted by molar-refractivity contribution is 7.09. The number of carbonyl (C=O) groups is 1. The van der Waals surface area contributed by atoms with Gasteiger partial charge < -0.3 is 4.90 Å². The largest absolute Gasteiger partial charge is 0.335 e. The number of rotatable bonds is 4. The third-order valence-electron chi connectivity index (χ3n) is 5.38. The molecule has 4 heterocycles. The number of hydrogen-bond donors (Lipinski definition) is 0. The van der Waals surface area contributed by atoms with Crippen LogP contribution in [0.1, 0.15) is 24.6 Å². The molecule has 128 valence electrons. The Morgan fingerprint density at radius 1 is 1.42 bits per heavy atom. The minimum Gasteiger partial charge on any atom is -0.335 e. The Bertz CT molecular complexity index is 669. The number of amides is 1. The number of piperidine rings is 1. The first kappa shape index (κ1) is 15.8. The third kappa shape index (κ3) is 3.13. The van der Waals surface area contributed by atoms with Crippen LogP contribution in [0.4, 0.5) is 0 Å². The molecule has 2 aliphatic heterocycles. The van der Waals surface area contributed by atoms with Gasteiger partial charge in [-0.05, 0) is 36.3 Å². The van der Waals surface area contributed by atoms with E-state index in [0.717, 1.165) is 39.0 Å². The van der Waals surface area contributed by atoms with Crippen LogP contribution >= 0.6 is 11.3 Å². The molecule has 6 heteroatoms. The molecule has 0 bridgehead atoms. The monoisotopic (exact) mass is 344 g/mol. The summed E-state index contributed by atoms with van der Waals surface area (Å²) in [5.74, 6) is 0.800. The number of thiophene rings is 1. The maximum Gasteiger partial charge on any atom is 0.220 e. The van der Waals surface area contributed by atoms with Gasteiger partial charge in [-0.15, -0.1) is 11.3 Å². The minimum atomic E-state index is 0.214. The van der Waals surface area contributed by atoms with Crippen LogP contribution in [-0.2, 0) is 17.9 Å². The number of nitrogens with zero attached hydrogens (tertiary/aromatic N) is 4. The molecule has 0 spiro atoms. The summed E-state index contributed by atoms with van der Waals surface area (Å²) in [4.78, 5) is 18.4. The van der Waals surface area contributed by atoms with E-state index in [0.29, 0.717) is 12.0 Å². The van der Waals surface area contributed by atoms with Gasteiger partial charge in [0.2, 0.25) is 5.91 Å². The molecule has 0 radical (unpaired) electrons. The molecule has 0 saturated carbocycles. The van der Waals surface area contributed by atoms with Gasteiger partial charge in [-0.1, -0.05) is 6.07 Å². The standard InChI is InChI=1S/C18H24N4OS/c1-14(23)22-16(12-21-7-3-6-19-21)10-15-11-20(8-5-18(15)22)13-17-4-2-9-24-17/h2-4,6-7,9,15-16,18H,5,8,10-13H2,1H3/t15-,16-,18+/m1/s1. The van der Waals surface area contributed by atoms with Gasteiger partial charge in [0.05, 0.1) is 12.6 Å². The lowest BCUT2D eigenvalue weighted by atomic mass is 9.92. The van der Waals surface area contributed by atoms with Crippen molar-refractivity contribution in [1.29, 1.82) is 0 Å². The predicted octanol–water partition coefficient (Wildman–Crippen LogP) is 2.46. The van der Waals surface area contributed by atoms with Gasteiger partial charge in [0, 0.05) is 49.9 Å². The molecule has 24 heavy (non-hydrogen) atoms. The molecule has 0 unspecified atom stereocenters. The molecular formula is C18H24N4OS. The molecule has 2 aromatic rings. The maximum atomic E-state index is 12.3. The van der Waals surface area contributed by atoms with Gasteiger partial charge >= 0.3 is 0 Å². The van der Waals surface area contributed by atoms with Gasteiger partial charge in [0.15, 0.2) is 0 Å². The van der Waals surface area contributed by atoms with Crippen molar-refractivity contribution >= 4 is 17.2 Å². The highest BCUT2D eigenvalue weighted by atomic mass is 32.1. The summed E-state index contributed by atoms with van der Waals surface area (Å²) < 4.78 is 1.96. The van der Waals surface area contributed by atoms with Crippen molar-refractivity contribution in [2.24, 2.45) is 5.92 Å². The zero-order chi connectivity index (χ0) is 16.5. The van der Waals surface area contributed by atoms with Gasteiger partial charge in [-0.3, -0.25) is 14.4 Å². The number of hydrogen-bond acceptors (Lipinski definition) is 4. The van der Waals surface area contributed by atoms with Crippen molar-refractivity contribution in [2.45, 2.75) is 44.9 Å². The van der Waals surface area contributed by atoms with E-state index < -0.39 is 0 Å². The minimum absolute atomic E-state index is 0.214. The SMILES string of the molecule is CC(=O)N1[C@@H](Cn2cccn2)C[C@@H]2CN(Cc3cccs3)CC[C@@H]21. The van der Waals surface area contributed by atoms with Crippen LogP contribution in [0, 0.1) is 5.92 Å². The summed E-state index contributed by atoms with van der Waals surface area (Å²) in [6, 6.07) is 6.97. The molecular weight excluding hydrogens is 320 g/mol. The Morgan fingerprint density at radius 2 is 2.33 bits per heavy atom. The lowest BCUT2D eigenvalue weighted by Gasteiger charge is -2.38. The van der Waals surface area contributed by atoms with Crippen molar-refractivity contribution in [2.75, 3.05) is 13.1 Å². The van der Waals surface area contributed by atoms with Crippen LogP contribution in [0.5, 0.6) is 0 Å². The second kappa shape index (κ2) is 6.69. The fourth-order valence-corrected chi connectivity index (χ4v) is 5.22. The second-order valence-electron chi connectivity index (χ2n) is 6.97. The highest BCUT2D eigenvalue weighted by Crippen LogP contribution is 2.36. The van der Waals surface area contributed by atoms with Crippen molar-refractivity contribution in [1.82, 2.24) is 19.6 Å². The average Bonchev–Trinajstić information content (AvgIpc) is 3.27. The van der Waals surface area contributed by atoms with Crippen molar-refractivity contribution in [3.63, 3.8) is 0 Å². The van der Waals surface area contributed by atoms with Crippen molar-refractivity contribution in [3.8, 4) is 0 Å². The van der Waals surface area contributed by atoms with Gasteiger partial charge in [0.1, 0.15) is 0 Å². The van der Waals surface area contributed by atoms with Gasteiger partial charge in [-0.2, -0.15) is 5.10 Å². The van der Waals surface area contributed by atoms with E-state index in [9.17, 15) is 4.79 Å². The maximum absolute atomic E-state index is 12.3. The number of carbonyl (C=O) groups excluding carboxylic acids is 1. The first-order chi connectivity index (χ1) is 11.7. The smallest absolute Gasteiger partial charge is 0.220 e. The zero-order valence-electron chi connectivity index (χ0n) is 14.0. The molecule has 1 amide bonds. The van der Waals surface area contributed by atoms with Gasteiger partial charge in [-0.25, -0.2) is 0 Å². The lowest BCUT2D eigenvalue weighted by molar-refractivity contribution is -0.133. The molecule has 4 rings (SSSR count). The molecule has 3 atom stereocenters. The first-order valence-corrected chi connectivity index (χ1v) is 9.60. The van der Waals surface area contributed by atoms with Crippen LogP contribution in [0.25, 0.3) is 0 Å². The van der Waals surface area contributed by atoms with E-state index in [4.69, 9.17) is 0 Å². The molecule has 0 aromatic carbocycles.